The minimum Gasteiger partial charge on any atom is -0.493 e. The molecule has 0 aliphatic carbocycles. The summed E-state index contributed by atoms with van der Waals surface area (Å²) in [5.41, 5.74) is 2.73. The Morgan fingerprint density at radius 3 is 2.57 bits per heavy atom. The molecule has 4 aromatic rings. The standard InChI is InChI=1S/C22H17Cl3N4O/c23-17-9-10-20(30-12-11-15-5-2-1-3-6-15)16(13-17)14-29-22(26-27-28-29)18-7-4-8-19(24)21(18)25/h1-10,13H,11-12,14H2. The molecule has 0 N–H and O–H groups in total. The lowest BCUT2D eigenvalue weighted by molar-refractivity contribution is 0.317. The summed E-state index contributed by atoms with van der Waals surface area (Å²) in [6.07, 6.45) is 0.803. The summed E-state index contributed by atoms with van der Waals surface area (Å²) >= 11 is 18.7. The smallest absolute Gasteiger partial charge is 0.183 e. The lowest BCUT2D eigenvalue weighted by Gasteiger charge is -2.13. The zero-order valence-corrected chi connectivity index (χ0v) is 18.1. The van der Waals surface area contributed by atoms with Crippen molar-refractivity contribution in [3.05, 3.63) is 92.9 Å². The Bertz CT molecular complexity index is 1150. The van der Waals surface area contributed by atoms with Crippen LogP contribution in [0.3, 0.4) is 0 Å². The molecule has 5 nitrogen and oxygen atoms in total. The highest BCUT2D eigenvalue weighted by atomic mass is 35.5. The lowest BCUT2D eigenvalue weighted by atomic mass is 10.1. The van der Waals surface area contributed by atoms with Crippen molar-refractivity contribution in [2.75, 3.05) is 6.61 Å². The second kappa shape index (κ2) is 9.47. The quantitative estimate of drug-likeness (QED) is 0.342. The van der Waals surface area contributed by atoms with Gasteiger partial charge in [0.15, 0.2) is 5.82 Å². The van der Waals surface area contributed by atoms with Crippen LogP contribution in [0.2, 0.25) is 15.1 Å². The largest absolute Gasteiger partial charge is 0.493 e. The van der Waals surface area contributed by atoms with E-state index in [2.05, 4.69) is 27.7 Å². The first-order valence-corrected chi connectivity index (χ1v) is 10.4. The number of halogens is 3. The van der Waals surface area contributed by atoms with Gasteiger partial charge < -0.3 is 4.74 Å². The number of aromatic nitrogens is 4. The van der Waals surface area contributed by atoms with Gasteiger partial charge in [0.25, 0.3) is 0 Å². The molecule has 0 atom stereocenters. The fourth-order valence-corrected chi connectivity index (χ4v) is 3.66. The van der Waals surface area contributed by atoms with Gasteiger partial charge in [0, 0.05) is 22.6 Å². The molecule has 1 heterocycles. The van der Waals surface area contributed by atoms with Crippen molar-refractivity contribution < 1.29 is 4.74 Å². The predicted octanol–water partition coefficient (Wildman–Crippen LogP) is 5.97. The van der Waals surface area contributed by atoms with Crippen LogP contribution in [0, 0.1) is 0 Å². The topological polar surface area (TPSA) is 52.8 Å². The van der Waals surface area contributed by atoms with E-state index in [1.165, 1.54) is 5.56 Å². The lowest BCUT2D eigenvalue weighted by Crippen LogP contribution is -2.08. The van der Waals surface area contributed by atoms with Crippen molar-refractivity contribution in [3.63, 3.8) is 0 Å². The summed E-state index contributed by atoms with van der Waals surface area (Å²) in [7, 11) is 0. The molecule has 0 saturated carbocycles. The monoisotopic (exact) mass is 458 g/mol. The number of rotatable bonds is 7. The Morgan fingerprint density at radius 2 is 1.73 bits per heavy atom. The van der Waals surface area contributed by atoms with Gasteiger partial charge in [0.1, 0.15) is 5.75 Å². The number of nitrogens with zero attached hydrogens (tertiary/aromatic N) is 4. The molecule has 1 aromatic heterocycles. The molecule has 30 heavy (non-hydrogen) atoms. The number of hydrogen-bond acceptors (Lipinski definition) is 4. The Kier molecular flexibility index (Phi) is 6.53. The second-order valence-corrected chi connectivity index (χ2v) is 7.82. The van der Waals surface area contributed by atoms with Crippen LogP contribution in [0.4, 0.5) is 0 Å². The Labute approximate surface area is 189 Å². The first kappa shape index (κ1) is 20.7. The second-order valence-electron chi connectivity index (χ2n) is 6.60. The molecule has 8 heteroatoms. The van der Waals surface area contributed by atoms with E-state index >= 15 is 0 Å². The van der Waals surface area contributed by atoms with Gasteiger partial charge in [-0.1, -0.05) is 71.2 Å². The molecule has 4 rings (SSSR count). The van der Waals surface area contributed by atoms with Crippen LogP contribution in [0.1, 0.15) is 11.1 Å². The van der Waals surface area contributed by atoms with Gasteiger partial charge in [-0.3, -0.25) is 0 Å². The van der Waals surface area contributed by atoms with Gasteiger partial charge >= 0.3 is 0 Å². The minimum atomic E-state index is 0.367. The number of benzene rings is 3. The third kappa shape index (κ3) is 4.75. The third-order valence-corrected chi connectivity index (χ3v) is 5.61. The average molecular weight is 460 g/mol. The van der Waals surface area contributed by atoms with Crippen LogP contribution in [0.5, 0.6) is 5.75 Å². The fraction of sp³-hybridized carbons (Fsp3) is 0.136. The third-order valence-electron chi connectivity index (χ3n) is 4.56. The molecule has 0 amide bonds. The van der Waals surface area contributed by atoms with Crippen LogP contribution in [0.15, 0.2) is 66.7 Å². The van der Waals surface area contributed by atoms with Crippen molar-refractivity contribution in [1.82, 2.24) is 20.2 Å². The number of ether oxygens (including phenoxy) is 1. The van der Waals surface area contributed by atoms with E-state index in [-0.39, 0.29) is 0 Å². The number of tetrazole rings is 1. The summed E-state index contributed by atoms with van der Waals surface area (Å²) < 4.78 is 7.69. The molecule has 0 saturated heterocycles. The summed E-state index contributed by atoms with van der Waals surface area (Å²) in [6, 6.07) is 21.1. The maximum absolute atomic E-state index is 6.36. The normalized spacial score (nSPS) is 10.9. The van der Waals surface area contributed by atoms with E-state index in [0.29, 0.717) is 39.6 Å². The van der Waals surface area contributed by atoms with E-state index in [0.717, 1.165) is 17.7 Å². The van der Waals surface area contributed by atoms with E-state index in [1.807, 2.05) is 36.4 Å². The van der Waals surface area contributed by atoms with Gasteiger partial charge in [-0.15, -0.1) is 5.10 Å². The zero-order chi connectivity index (χ0) is 20.9. The van der Waals surface area contributed by atoms with Crippen LogP contribution in [-0.4, -0.2) is 26.8 Å². The Morgan fingerprint density at radius 1 is 0.900 bits per heavy atom. The average Bonchev–Trinajstić information content (AvgIpc) is 3.20. The van der Waals surface area contributed by atoms with E-state index in [4.69, 9.17) is 39.5 Å². The van der Waals surface area contributed by atoms with Crippen LogP contribution in [-0.2, 0) is 13.0 Å². The highest BCUT2D eigenvalue weighted by molar-refractivity contribution is 6.43. The van der Waals surface area contributed by atoms with E-state index in [9.17, 15) is 0 Å². The predicted molar refractivity (Wildman–Crippen MR) is 119 cm³/mol. The molecule has 0 spiro atoms. The summed E-state index contributed by atoms with van der Waals surface area (Å²) in [6.45, 7) is 0.910. The molecule has 0 radical (unpaired) electrons. The van der Waals surface area contributed by atoms with Gasteiger partial charge in [0.2, 0.25) is 0 Å². The Hall–Kier alpha value is -2.60. The van der Waals surface area contributed by atoms with Gasteiger partial charge in [-0.25, -0.2) is 4.68 Å². The highest BCUT2D eigenvalue weighted by Gasteiger charge is 2.16. The van der Waals surface area contributed by atoms with Gasteiger partial charge in [-0.2, -0.15) is 0 Å². The molecule has 0 aliphatic rings. The Balaban J connectivity index is 1.56. The molecule has 0 fully saturated rings. The molecular weight excluding hydrogens is 443 g/mol. The molecular formula is C22H17Cl3N4O. The SMILES string of the molecule is Clc1ccc(OCCc2ccccc2)c(Cn2nnnc2-c2cccc(Cl)c2Cl)c1. The molecule has 3 aromatic carbocycles. The maximum Gasteiger partial charge on any atom is 0.183 e. The van der Waals surface area contributed by atoms with Crippen LogP contribution in [0.25, 0.3) is 11.4 Å². The van der Waals surface area contributed by atoms with Gasteiger partial charge in [0.05, 0.1) is 23.2 Å². The van der Waals surface area contributed by atoms with Crippen molar-refractivity contribution in [2.24, 2.45) is 0 Å². The van der Waals surface area contributed by atoms with E-state index < -0.39 is 0 Å². The molecule has 0 aliphatic heterocycles. The first-order valence-electron chi connectivity index (χ1n) is 9.27. The van der Waals surface area contributed by atoms with Crippen molar-refractivity contribution in [2.45, 2.75) is 13.0 Å². The first-order chi connectivity index (χ1) is 14.6. The minimum absolute atomic E-state index is 0.367. The summed E-state index contributed by atoms with van der Waals surface area (Å²) in [5.74, 6) is 1.24. The molecule has 0 unspecified atom stereocenters. The highest BCUT2D eigenvalue weighted by Crippen LogP contribution is 2.33. The summed E-state index contributed by atoms with van der Waals surface area (Å²) in [5, 5.41) is 13.5. The molecule has 0 bridgehead atoms. The fourth-order valence-electron chi connectivity index (χ4n) is 3.08. The maximum atomic E-state index is 6.36. The van der Waals surface area contributed by atoms with E-state index in [1.54, 1.807) is 22.9 Å². The van der Waals surface area contributed by atoms with Crippen molar-refractivity contribution in [1.29, 1.82) is 0 Å². The van der Waals surface area contributed by atoms with Gasteiger partial charge in [-0.05, 0) is 46.3 Å². The van der Waals surface area contributed by atoms with Crippen LogP contribution < -0.4 is 4.74 Å². The summed E-state index contributed by atoms with van der Waals surface area (Å²) in [4.78, 5) is 0. The van der Waals surface area contributed by atoms with Crippen molar-refractivity contribution >= 4 is 34.8 Å². The van der Waals surface area contributed by atoms with Crippen molar-refractivity contribution in [3.8, 4) is 17.1 Å². The number of hydrogen-bond donors (Lipinski definition) is 0. The van der Waals surface area contributed by atoms with Crippen LogP contribution >= 0.6 is 34.8 Å². The zero-order valence-electron chi connectivity index (χ0n) is 15.8. The molecule has 152 valence electrons.